The Kier molecular flexibility index (Phi) is 8.59. The highest BCUT2D eigenvalue weighted by atomic mass is 16.5. The fraction of sp³-hybridized carbons (Fsp3) is 0.333. The first-order valence-corrected chi connectivity index (χ1v) is 4.94. The first kappa shape index (κ1) is 14.2. The van der Waals surface area contributed by atoms with E-state index in [-0.39, 0.29) is 13.2 Å². The summed E-state index contributed by atoms with van der Waals surface area (Å²) in [6.07, 6.45) is 9.00. The molecule has 0 heterocycles. The summed E-state index contributed by atoms with van der Waals surface area (Å²) in [7, 11) is 0. The van der Waals surface area contributed by atoms with Crippen LogP contribution in [0.1, 0.15) is 13.8 Å². The molecular weight excluding hydrogens is 208 g/mol. The zero-order chi connectivity index (χ0) is 12.2. The lowest BCUT2D eigenvalue weighted by molar-refractivity contribution is -0.139. The molecule has 0 aliphatic carbocycles. The molecule has 16 heavy (non-hydrogen) atoms. The molecule has 0 rings (SSSR count). The molecule has 88 valence electrons. The van der Waals surface area contributed by atoms with Crippen molar-refractivity contribution in [3.63, 3.8) is 0 Å². The summed E-state index contributed by atoms with van der Waals surface area (Å²) in [6.45, 7) is 4.05. The second-order valence-corrected chi connectivity index (χ2v) is 2.73. The molecule has 0 atom stereocenters. The Balaban J connectivity index is 3.79. The Morgan fingerprint density at radius 3 is 1.56 bits per heavy atom. The van der Waals surface area contributed by atoms with Crippen LogP contribution in [0.2, 0.25) is 0 Å². The molecule has 4 heteroatoms. The van der Waals surface area contributed by atoms with Crippen LogP contribution >= 0.6 is 0 Å². The van der Waals surface area contributed by atoms with E-state index in [0.29, 0.717) is 0 Å². The Labute approximate surface area is 95.2 Å². The Morgan fingerprint density at radius 2 is 1.25 bits per heavy atom. The van der Waals surface area contributed by atoms with Crippen LogP contribution in [-0.2, 0) is 19.1 Å². The van der Waals surface area contributed by atoms with Crippen molar-refractivity contribution >= 4 is 11.9 Å². The lowest BCUT2D eigenvalue weighted by Gasteiger charge is -1.97. The van der Waals surface area contributed by atoms with Gasteiger partial charge in [0.2, 0.25) is 0 Å². The average Bonchev–Trinajstić information content (AvgIpc) is 2.27. The van der Waals surface area contributed by atoms with Crippen LogP contribution in [0.15, 0.2) is 36.5 Å². The molecular formula is C12H16O4. The molecule has 0 amide bonds. The van der Waals surface area contributed by atoms with Crippen molar-refractivity contribution in [1.82, 2.24) is 0 Å². The van der Waals surface area contributed by atoms with E-state index in [4.69, 9.17) is 9.47 Å². The van der Waals surface area contributed by atoms with Gasteiger partial charge in [0.25, 0.3) is 0 Å². The second-order valence-electron chi connectivity index (χ2n) is 2.73. The molecule has 0 fully saturated rings. The smallest absolute Gasteiger partial charge is 0.331 e. The summed E-state index contributed by atoms with van der Waals surface area (Å²) in [4.78, 5) is 22.0. The summed E-state index contributed by atoms with van der Waals surface area (Å²) in [5.41, 5.74) is 0. The molecule has 0 aromatic carbocycles. The summed E-state index contributed by atoms with van der Waals surface area (Å²) in [5.74, 6) is -1.14. The van der Waals surface area contributed by atoms with Crippen LogP contribution in [-0.4, -0.2) is 25.2 Å². The fourth-order valence-electron chi connectivity index (χ4n) is 0.685. The van der Waals surface area contributed by atoms with Gasteiger partial charge >= 0.3 is 11.9 Å². The molecule has 0 aliphatic heterocycles. The van der Waals surface area contributed by atoms with E-state index in [2.05, 4.69) is 0 Å². The number of carbonyl (C=O) groups excluding carboxylic acids is 2. The van der Waals surface area contributed by atoms with E-state index in [9.17, 15) is 9.59 Å². The highest BCUT2D eigenvalue weighted by Crippen LogP contribution is 1.87. The van der Waals surface area contributed by atoms with E-state index in [1.807, 2.05) is 13.8 Å². The number of esters is 2. The third-order valence-corrected chi connectivity index (χ3v) is 1.47. The third kappa shape index (κ3) is 8.74. The van der Waals surface area contributed by atoms with Gasteiger partial charge in [0.05, 0.1) is 0 Å². The van der Waals surface area contributed by atoms with Crippen molar-refractivity contribution in [3.8, 4) is 0 Å². The largest absolute Gasteiger partial charge is 0.458 e. The number of rotatable bonds is 6. The van der Waals surface area contributed by atoms with Crippen LogP contribution in [0.5, 0.6) is 0 Å². The van der Waals surface area contributed by atoms with Gasteiger partial charge in [-0.2, -0.15) is 0 Å². The quantitative estimate of drug-likeness (QED) is 0.392. The molecule has 0 aromatic heterocycles. The summed E-state index contributed by atoms with van der Waals surface area (Å²) in [5, 5.41) is 0. The van der Waals surface area contributed by atoms with E-state index in [0.717, 1.165) is 12.2 Å². The Morgan fingerprint density at radius 1 is 0.875 bits per heavy atom. The van der Waals surface area contributed by atoms with Crippen molar-refractivity contribution in [1.29, 1.82) is 0 Å². The van der Waals surface area contributed by atoms with E-state index in [1.165, 1.54) is 0 Å². The van der Waals surface area contributed by atoms with Gasteiger partial charge in [0, 0.05) is 12.2 Å². The van der Waals surface area contributed by atoms with E-state index < -0.39 is 11.9 Å². The number of carbonyl (C=O) groups is 2. The van der Waals surface area contributed by atoms with Gasteiger partial charge in [-0.05, 0) is 13.8 Å². The van der Waals surface area contributed by atoms with Gasteiger partial charge in [-0.1, -0.05) is 24.3 Å². The van der Waals surface area contributed by atoms with Crippen molar-refractivity contribution in [2.45, 2.75) is 13.8 Å². The van der Waals surface area contributed by atoms with Crippen LogP contribution in [0.4, 0.5) is 0 Å². The third-order valence-electron chi connectivity index (χ3n) is 1.47. The maximum Gasteiger partial charge on any atom is 0.331 e. The van der Waals surface area contributed by atoms with Crippen LogP contribution in [0.3, 0.4) is 0 Å². The molecule has 0 unspecified atom stereocenters. The molecule has 0 aromatic rings. The highest BCUT2D eigenvalue weighted by Gasteiger charge is 1.98. The summed E-state index contributed by atoms with van der Waals surface area (Å²) in [6, 6.07) is 0. The molecule has 0 spiro atoms. The van der Waals surface area contributed by atoms with Crippen molar-refractivity contribution in [2.75, 3.05) is 13.2 Å². The molecule has 0 aliphatic rings. The molecule has 0 saturated carbocycles. The zero-order valence-corrected chi connectivity index (χ0v) is 9.51. The maximum atomic E-state index is 11.0. The lowest BCUT2D eigenvalue weighted by Crippen LogP contribution is -2.04. The maximum absolute atomic E-state index is 11.0. The fourth-order valence-corrected chi connectivity index (χ4v) is 0.685. The van der Waals surface area contributed by atoms with Crippen LogP contribution < -0.4 is 0 Å². The molecule has 0 radical (unpaired) electrons. The molecule has 0 bridgehead atoms. The normalized spacial score (nSPS) is 11.4. The lowest BCUT2D eigenvalue weighted by atomic mass is 10.5. The first-order chi connectivity index (χ1) is 7.70. The Hall–Kier alpha value is -1.84. The number of hydrogen-bond acceptors (Lipinski definition) is 4. The number of hydrogen-bond donors (Lipinski definition) is 0. The van der Waals surface area contributed by atoms with E-state index >= 15 is 0 Å². The number of allylic oxidation sites excluding steroid dienone is 2. The van der Waals surface area contributed by atoms with Gasteiger partial charge in [0.15, 0.2) is 0 Å². The average molecular weight is 224 g/mol. The van der Waals surface area contributed by atoms with E-state index in [1.54, 1.807) is 24.3 Å². The molecule has 4 nitrogen and oxygen atoms in total. The predicted octanol–water partition coefficient (Wildman–Crippen LogP) is 1.78. The monoisotopic (exact) mass is 224 g/mol. The van der Waals surface area contributed by atoms with Crippen LogP contribution in [0.25, 0.3) is 0 Å². The van der Waals surface area contributed by atoms with Crippen molar-refractivity contribution < 1.29 is 19.1 Å². The minimum Gasteiger partial charge on any atom is -0.458 e. The van der Waals surface area contributed by atoms with Gasteiger partial charge in [-0.3, -0.25) is 0 Å². The minimum absolute atomic E-state index is 0.202. The van der Waals surface area contributed by atoms with Gasteiger partial charge in [-0.25, -0.2) is 9.59 Å². The predicted molar refractivity (Wildman–Crippen MR) is 60.7 cm³/mol. The Bertz CT molecular complexity index is 270. The molecule has 0 N–H and O–H groups in total. The minimum atomic E-state index is -0.568. The standard InChI is InChI=1S/C12H16O4/c1-3-5-9-15-11(13)7-8-12(14)16-10-6-4-2/h3-8H,9-10H2,1-2H3. The van der Waals surface area contributed by atoms with Gasteiger partial charge in [0.1, 0.15) is 13.2 Å². The topological polar surface area (TPSA) is 52.6 Å². The highest BCUT2D eigenvalue weighted by molar-refractivity contribution is 5.91. The summed E-state index contributed by atoms with van der Waals surface area (Å²) < 4.78 is 9.45. The SMILES string of the molecule is CC=CCOC(=O)C=CC(=O)OCC=CC. The van der Waals surface area contributed by atoms with Crippen molar-refractivity contribution in [3.05, 3.63) is 36.5 Å². The van der Waals surface area contributed by atoms with Gasteiger partial charge < -0.3 is 9.47 Å². The zero-order valence-electron chi connectivity index (χ0n) is 9.51. The van der Waals surface area contributed by atoms with Crippen LogP contribution in [0, 0.1) is 0 Å². The van der Waals surface area contributed by atoms with Crippen molar-refractivity contribution in [2.24, 2.45) is 0 Å². The molecule has 0 saturated heterocycles. The second kappa shape index (κ2) is 9.71. The summed E-state index contributed by atoms with van der Waals surface area (Å²) >= 11 is 0. The first-order valence-electron chi connectivity index (χ1n) is 4.94. The number of ether oxygens (including phenoxy) is 2. The van der Waals surface area contributed by atoms with Gasteiger partial charge in [-0.15, -0.1) is 0 Å².